The summed E-state index contributed by atoms with van der Waals surface area (Å²) in [5, 5.41) is 11.1. The average molecular weight is 477 g/mol. The van der Waals surface area contributed by atoms with E-state index >= 15 is 0 Å². The Bertz CT molecular complexity index is 1280. The summed E-state index contributed by atoms with van der Waals surface area (Å²) in [6.07, 6.45) is 9.52. The largest absolute Gasteiger partial charge is 0.456 e. The van der Waals surface area contributed by atoms with Crippen molar-refractivity contribution in [2.24, 2.45) is 23.4 Å². The molecule has 1 saturated carbocycles. The lowest BCUT2D eigenvalue weighted by molar-refractivity contribution is 0.0662. The lowest BCUT2D eigenvalue weighted by Crippen LogP contribution is -2.40. The zero-order valence-electron chi connectivity index (χ0n) is 19.9. The van der Waals surface area contributed by atoms with Crippen LogP contribution in [0.15, 0.2) is 44.7 Å². The van der Waals surface area contributed by atoms with Crippen LogP contribution >= 0.6 is 0 Å². The van der Waals surface area contributed by atoms with Crippen LogP contribution in [0.2, 0.25) is 0 Å². The molecule has 5 rings (SSSR count). The van der Waals surface area contributed by atoms with Crippen molar-refractivity contribution in [2.45, 2.75) is 26.2 Å². The highest BCUT2D eigenvalue weighted by molar-refractivity contribution is 5.98. The average Bonchev–Trinajstić information content (AvgIpc) is 3.28. The molecule has 3 aromatic heterocycles. The molecule has 3 aromatic rings. The first kappa shape index (κ1) is 22.8. The van der Waals surface area contributed by atoms with Crippen LogP contribution in [0, 0.1) is 18.3 Å². The molecular weight excluding hydrogens is 448 g/mol. The van der Waals surface area contributed by atoms with Gasteiger partial charge >= 0.3 is 0 Å². The number of hydrogen-bond acceptors (Lipinski definition) is 7. The van der Waals surface area contributed by atoms with Gasteiger partial charge in [0.15, 0.2) is 17.2 Å². The summed E-state index contributed by atoms with van der Waals surface area (Å²) < 4.78 is 12.5. The van der Waals surface area contributed by atoms with Crippen molar-refractivity contribution in [3.05, 3.63) is 53.5 Å². The number of likely N-dealkylation sites (tertiary alicyclic amines) is 1. The van der Waals surface area contributed by atoms with Crippen molar-refractivity contribution in [3.63, 3.8) is 0 Å². The molecule has 35 heavy (non-hydrogen) atoms. The van der Waals surface area contributed by atoms with Crippen LogP contribution in [0.4, 0.5) is 0 Å². The topological polar surface area (TPSA) is 119 Å². The normalized spacial score (nSPS) is 18.8. The highest BCUT2D eigenvalue weighted by Crippen LogP contribution is 2.59. The molecule has 182 valence electrons. The summed E-state index contributed by atoms with van der Waals surface area (Å²) >= 11 is 0. The molecule has 0 aromatic carbocycles. The summed E-state index contributed by atoms with van der Waals surface area (Å²) in [5.74, 6) is 1.57. The second-order valence-corrected chi connectivity index (χ2v) is 9.33. The molecule has 2 aliphatic rings. The number of aryl methyl sites for hydroxylation is 2. The predicted molar refractivity (Wildman–Crippen MR) is 129 cm³/mol. The number of carbonyl (C=O) groups excluding carboxylic acids is 2. The van der Waals surface area contributed by atoms with Gasteiger partial charge in [-0.3, -0.25) is 19.3 Å². The minimum Gasteiger partial charge on any atom is -0.456 e. The quantitative estimate of drug-likeness (QED) is 0.523. The van der Waals surface area contributed by atoms with E-state index < -0.39 is 0 Å². The lowest BCUT2D eigenvalue weighted by Gasteiger charge is -2.32. The molecule has 1 atom stereocenters. The third-order valence-corrected chi connectivity index (χ3v) is 7.19. The maximum Gasteiger partial charge on any atom is 0.287 e. The molecule has 0 bridgehead atoms. The summed E-state index contributed by atoms with van der Waals surface area (Å²) in [4.78, 5) is 31.3. The summed E-state index contributed by atoms with van der Waals surface area (Å²) in [6, 6.07) is 3.44. The monoisotopic (exact) mass is 476 g/mol. The minimum absolute atomic E-state index is 0.0953. The van der Waals surface area contributed by atoms with Crippen molar-refractivity contribution < 1.29 is 18.5 Å². The fourth-order valence-corrected chi connectivity index (χ4v) is 5.03. The first-order valence-electron chi connectivity index (χ1n) is 11.7. The van der Waals surface area contributed by atoms with Gasteiger partial charge in [-0.25, -0.2) is 0 Å². The van der Waals surface area contributed by atoms with Crippen LogP contribution in [0.25, 0.3) is 17.4 Å². The molecule has 10 heteroatoms. The second kappa shape index (κ2) is 9.01. The highest BCUT2D eigenvalue weighted by atomic mass is 16.5. The Morgan fingerprint density at radius 1 is 1.37 bits per heavy atom. The third kappa shape index (κ3) is 4.43. The Hall–Kier alpha value is -3.95. The number of nitrogens with zero attached hydrogens (tertiary/aromatic N) is 5. The van der Waals surface area contributed by atoms with E-state index in [1.165, 1.54) is 0 Å². The maximum atomic E-state index is 13.2. The van der Waals surface area contributed by atoms with E-state index in [1.807, 2.05) is 11.8 Å². The molecule has 0 radical (unpaired) electrons. The van der Waals surface area contributed by atoms with E-state index in [9.17, 15) is 9.59 Å². The molecule has 10 nitrogen and oxygen atoms in total. The van der Waals surface area contributed by atoms with Gasteiger partial charge in [0.2, 0.25) is 0 Å². The van der Waals surface area contributed by atoms with Crippen LogP contribution < -0.4 is 5.32 Å². The molecule has 1 saturated heterocycles. The summed E-state index contributed by atoms with van der Waals surface area (Å²) in [7, 11) is 1.78. The van der Waals surface area contributed by atoms with Gasteiger partial charge in [-0.05, 0) is 56.4 Å². The van der Waals surface area contributed by atoms with Crippen LogP contribution in [-0.2, 0) is 7.05 Å². The Labute approximate surface area is 202 Å². The van der Waals surface area contributed by atoms with Crippen LogP contribution in [0.3, 0.4) is 0 Å². The zero-order valence-corrected chi connectivity index (χ0v) is 19.9. The fourth-order valence-electron chi connectivity index (χ4n) is 5.03. The number of aromatic nitrogens is 3. The number of rotatable bonds is 7. The molecule has 1 unspecified atom stereocenters. The number of furan rings is 1. The Balaban J connectivity index is 1.15. The van der Waals surface area contributed by atoms with E-state index in [1.54, 1.807) is 48.5 Å². The van der Waals surface area contributed by atoms with Crippen molar-refractivity contribution in [1.29, 1.82) is 0 Å². The van der Waals surface area contributed by atoms with Crippen molar-refractivity contribution in [3.8, 4) is 11.3 Å². The van der Waals surface area contributed by atoms with Crippen molar-refractivity contribution >= 4 is 24.6 Å². The zero-order chi connectivity index (χ0) is 24.6. The van der Waals surface area contributed by atoms with Gasteiger partial charge in [-0.15, -0.1) is 0 Å². The number of carbonyl (C=O) groups is 2. The van der Waals surface area contributed by atoms with Gasteiger partial charge in [-0.2, -0.15) is 5.10 Å². The summed E-state index contributed by atoms with van der Waals surface area (Å²) in [5.41, 5.74) is 2.02. The molecule has 1 aliphatic carbocycles. The summed E-state index contributed by atoms with van der Waals surface area (Å²) in [6.45, 7) is 7.15. The molecule has 1 aliphatic heterocycles. The van der Waals surface area contributed by atoms with Crippen molar-refractivity contribution in [2.75, 3.05) is 19.6 Å². The Morgan fingerprint density at radius 3 is 2.89 bits per heavy atom. The number of piperidine rings is 1. The van der Waals surface area contributed by atoms with Crippen LogP contribution in [-0.4, -0.2) is 58.0 Å². The second-order valence-electron chi connectivity index (χ2n) is 9.33. The standard InChI is InChI=1S/C25H28N6O4/c1-16-17(4-8-26-2)12-21(34-16)23(32)27-14-18-13-25(18)6-10-31(11-7-25)24(33)22-19(15-30(3)29-22)20-5-9-28-35-20/h4-5,8-9,12,15,18H,2,6-7,10-11,13-14H2,1,3H3,(H,27,32)/b8-4-. The first-order chi connectivity index (χ1) is 16.9. The number of aliphatic imine (C=N–C) groups is 1. The number of nitrogens with one attached hydrogen (secondary N) is 1. The molecule has 4 heterocycles. The Kier molecular flexibility index (Phi) is 5.88. The minimum atomic E-state index is -0.218. The van der Waals surface area contributed by atoms with Gasteiger partial charge < -0.3 is 19.2 Å². The molecular formula is C25H28N6O4. The van der Waals surface area contributed by atoms with E-state index in [-0.39, 0.29) is 17.2 Å². The number of amides is 2. The van der Waals surface area contributed by atoms with Gasteiger partial charge in [0, 0.05) is 50.7 Å². The van der Waals surface area contributed by atoms with Gasteiger partial charge in [0.1, 0.15) is 5.76 Å². The maximum absolute atomic E-state index is 13.2. The van der Waals surface area contributed by atoms with Crippen molar-refractivity contribution in [1.82, 2.24) is 25.2 Å². The van der Waals surface area contributed by atoms with Crippen LogP contribution in [0.5, 0.6) is 0 Å². The molecule has 2 fully saturated rings. The van der Waals surface area contributed by atoms with E-state index in [4.69, 9.17) is 8.94 Å². The SMILES string of the molecule is C=N/C=C\c1cc(C(=O)NCC2CC23CCN(C(=O)c2nn(C)cc2-c2ccno2)CC3)oc1C. The first-order valence-corrected chi connectivity index (χ1v) is 11.7. The van der Waals surface area contributed by atoms with E-state index in [0.29, 0.717) is 54.1 Å². The fraction of sp³-hybridized carbons (Fsp3) is 0.400. The van der Waals surface area contributed by atoms with E-state index in [0.717, 1.165) is 24.8 Å². The lowest BCUT2D eigenvalue weighted by atomic mass is 9.90. The predicted octanol–water partition coefficient (Wildman–Crippen LogP) is 3.32. The molecule has 2 amide bonds. The van der Waals surface area contributed by atoms with Crippen LogP contribution in [0.1, 0.15) is 51.6 Å². The Morgan fingerprint density at radius 2 is 2.17 bits per heavy atom. The molecule has 1 N–H and O–H groups in total. The third-order valence-electron chi connectivity index (χ3n) is 7.19. The number of hydrogen-bond donors (Lipinski definition) is 1. The highest BCUT2D eigenvalue weighted by Gasteiger charge is 2.55. The molecule has 1 spiro atoms. The van der Waals surface area contributed by atoms with Gasteiger partial charge in [0.25, 0.3) is 11.8 Å². The smallest absolute Gasteiger partial charge is 0.287 e. The van der Waals surface area contributed by atoms with Gasteiger partial charge in [0.05, 0.1) is 11.8 Å². The van der Waals surface area contributed by atoms with Gasteiger partial charge in [-0.1, -0.05) is 5.16 Å². The van der Waals surface area contributed by atoms with E-state index in [2.05, 4.69) is 27.3 Å².